The van der Waals surface area contributed by atoms with Gasteiger partial charge < -0.3 is 10.1 Å². The summed E-state index contributed by atoms with van der Waals surface area (Å²) in [5.74, 6) is 0.787. The summed E-state index contributed by atoms with van der Waals surface area (Å²) in [6, 6.07) is 4.84. The predicted molar refractivity (Wildman–Crippen MR) is 69.0 cm³/mol. The topological polar surface area (TPSA) is 64.4 Å². The molecule has 1 saturated heterocycles. The number of non-ortho nitro benzene ring substituents is 1. The second-order valence-electron chi connectivity index (χ2n) is 4.47. The molecule has 0 aromatic heterocycles. The zero-order valence-electron chi connectivity index (χ0n) is 10.5. The third kappa shape index (κ3) is 2.98. The van der Waals surface area contributed by atoms with Gasteiger partial charge in [-0.05, 0) is 38.4 Å². The molecule has 0 aliphatic carbocycles. The van der Waals surface area contributed by atoms with Crippen molar-refractivity contribution in [2.24, 2.45) is 0 Å². The van der Waals surface area contributed by atoms with E-state index in [1.165, 1.54) is 6.07 Å². The van der Waals surface area contributed by atoms with Gasteiger partial charge >= 0.3 is 0 Å². The molecule has 1 aliphatic rings. The van der Waals surface area contributed by atoms with Gasteiger partial charge in [0.1, 0.15) is 11.9 Å². The molecule has 1 fully saturated rings. The lowest BCUT2D eigenvalue weighted by atomic mass is 10.1. The Labute approximate surface area is 106 Å². The Morgan fingerprint density at radius 1 is 1.44 bits per heavy atom. The van der Waals surface area contributed by atoms with Crippen LogP contribution in [0, 0.1) is 10.1 Å². The number of piperidine rings is 1. The van der Waals surface area contributed by atoms with E-state index in [4.69, 9.17) is 4.74 Å². The molecular formula is C13H18N2O3. The smallest absolute Gasteiger partial charge is 0.269 e. The molecule has 18 heavy (non-hydrogen) atoms. The van der Waals surface area contributed by atoms with E-state index in [0.29, 0.717) is 0 Å². The molecule has 0 spiro atoms. The van der Waals surface area contributed by atoms with Crippen molar-refractivity contribution < 1.29 is 9.66 Å². The lowest BCUT2D eigenvalue weighted by Gasteiger charge is -2.24. The molecule has 1 N–H and O–H groups in total. The van der Waals surface area contributed by atoms with Crippen molar-refractivity contribution in [3.8, 4) is 5.75 Å². The van der Waals surface area contributed by atoms with Gasteiger partial charge in [-0.3, -0.25) is 10.1 Å². The predicted octanol–water partition coefficient (Wildman–Crippen LogP) is 2.29. The number of nitrogens with one attached hydrogen (secondary N) is 1. The highest BCUT2D eigenvalue weighted by atomic mass is 16.6. The summed E-state index contributed by atoms with van der Waals surface area (Å²) >= 11 is 0. The Morgan fingerprint density at radius 3 is 2.78 bits per heavy atom. The van der Waals surface area contributed by atoms with Gasteiger partial charge in [-0.25, -0.2) is 0 Å². The summed E-state index contributed by atoms with van der Waals surface area (Å²) in [6.45, 7) is 3.92. The van der Waals surface area contributed by atoms with Crippen molar-refractivity contribution in [1.82, 2.24) is 5.32 Å². The Balaban J connectivity index is 2.13. The third-order valence-corrected chi connectivity index (χ3v) is 3.22. The number of nitrogens with zero attached hydrogens (tertiary/aromatic N) is 1. The van der Waals surface area contributed by atoms with E-state index in [1.54, 1.807) is 12.1 Å². The number of hydrogen-bond donors (Lipinski definition) is 1. The third-order valence-electron chi connectivity index (χ3n) is 3.22. The van der Waals surface area contributed by atoms with E-state index in [0.717, 1.165) is 43.7 Å². The second kappa shape index (κ2) is 5.82. The van der Waals surface area contributed by atoms with E-state index in [-0.39, 0.29) is 16.7 Å². The van der Waals surface area contributed by atoms with Crippen LogP contribution in [0.3, 0.4) is 0 Å². The van der Waals surface area contributed by atoms with Crippen molar-refractivity contribution in [2.75, 3.05) is 13.1 Å². The van der Waals surface area contributed by atoms with Crippen LogP contribution in [0.25, 0.3) is 0 Å². The first-order valence-corrected chi connectivity index (χ1v) is 6.35. The first-order valence-electron chi connectivity index (χ1n) is 6.35. The maximum Gasteiger partial charge on any atom is 0.269 e. The summed E-state index contributed by atoms with van der Waals surface area (Å²) in [7, 11) is 0. The van der Waals surface area contributed by atoms with Gasteiger partial charge in [0, 0.05) is 17.7 Å². The van der Waals surface area contributed by atoms with Crippen molar-refractivity contribution in [2.45, 2.75) is 32.3 Å². The molecule has 2 rings (SSSR count). The minimum absolute atomic E-state index is 0.129. The quantitative estimate of drug-likeness (QED) is 0.657. The number of benzene rings is 1. The average Bonchev–Trinajstić information content (AvgIpc) is 2.40. The van der Waals surface area contributed by atoms with Gasteiger partial charge in [-0.15, -0.1) is 0 Å². The van der Waals surface area contributed by atoms with Gasteiger partial charge in [0.05, 0.1) is 4.92 Å². The Bertz CT molecular complexity index is 428. The molecule has 0 radical (unpaired) electrons. The second-order valence-corrected chi connectivity index (χ2v) is 4.47. The van der Waals surface area contributed by atoms with E-state index < -0.39 is 0 Å². The highest BCUT2D eigenvalue weighted by molar-refractivity contribution is 5.43. The summed E-state index contributed by atoms with van der Waals surface area (Å²) in [5, 5.41) is 14.0. The molecule has 0 bridgehead atoms. The molecule has 5 nitrogen and oxygen atoms in total. The van der Waals surface area contributed by atoms with E-state index in [2.05, 4.69) is 5.32 Å². The molecule has 1 aliphatic heterocycles. The van der Waals surface area contributed by atoms with Crippen molar-refractivity contribution >= 4 is 5.69 Å². The van der Waals surface area contributed by atoms with Crippen molar-refractivity contribution in [1.29, 1.82) is 0 Å². The average molecular weight is 250 g/mol. The summed E-state index contributed by atoms with van der Waals surface area (Å²) in [4.78, 5) is 10.4. The minimum Gasteiger partial charge on any atom is -0.490 e. The molecular weight excluding hydrogens is 232 g/mol. The van der Waals surface area contributed by atoms with Crippen LogP contribution >= 0.6 is 0 Å². The van der Waals surface area contributed by atoms with Gasteiger partial charge in [0.25, 0.3) is 5.69 Å². The number of ether oxygens (including phenoxy) is 1. The Kier molecular flexibility index (Phi) is 4.15. The van der Waals surface area contributed by atoms with Crippen LogP contribution in [0.5, 0.6) is 5.75 Å². The van der Waals surface area contributed by atoms with Crippen LogP contribution in [0.15, 0.2) is 18.2 Å². The highest BCUT2D eigenvalue weighted by Gasteiger charge is 2.17. The largest absolute Gasteiger partial charge is 0.490 e. The summed E-state index contributed by atoms with van der Waals surface area (Å²) < 4.78 is 5.95. The molecule has 0 amide bonds. The Morgan fingerprint density at radius 2 is 2.17 bits per heavy atom. The number of rotatable bonds is 4. The molecule has 0 unspecified atom stereocenters. The number of aryl methyl sites for hydroxylation is 1. The fraction of sp³-hybridized carbons (Fsp3) is 0.538. The lowest BCUT2D eigenvalue weighted by molar-refractivity contribution is -0.384. The zero-order chi connectivity index (χ0) is 13.0. The number of nitro benzene ring substituents is 1. The number of hydrogen-bond acceptors (Lipinski definition) is 4. The van der Waals surface area contributed by atoms with Crippen molar-refractivity contribution in [3.05, 3.63) is 33.9 Å². The molecule has 1 aromatic rings. The van der Waals surface area contributed by atoms with Crippen LogP contribution in [0.2, 0.25) is 0 Å². The van der Waals surface area contributed by atoms with E-state index in [9.17, 15) is 10.1 Å². The normalized spacial score (nSPS) is 16.5. The Hall–Kier alpha value is -1.62. The van der Waals surface area contributed by atoms with Gasteiger partial charge in [0.15, 0.2) is 0 Å². The highest BCUT2D eigenvalue weighted by Crippen LogP contribution is 2.26. The standard InChI is InChI=1S/C13H18N2O3/c1-2-10-9-11(15(16)17)3-4-13(10)18-12-5-7-14-8-6-12/h3-4,9,12,14H,2,5-8H2,1H3. The van der Waals surface area contributed by atoms with Gasteiger partial charge in [-0.1, -0.05) is 6.92 Å². The van der Waals surface area contributed by atoms with Crippen LogP contribution in [0.1, 0.15) is 25.3 Å². The lowest BCUT2D eigenvalue weighted by Crippen LogP contribution is -2.34. The van der Waals surface area contributed by atoms with Gasteiger partial charge in [0.2, 0.25) is 0 Å². The monoisotopic (exact) mass is 250 g/mol. The zero-order valence-corrected chi connectivity index (χ0v) is 10.5. The maximum atomic E-state index is 10.7. The first-order chi connectivity index (χ1) is 8.70. The number of nitro groups is 1. The van der Waals surface area contributed by atoms with E-state index >= 15 is 0 Å². The summed E-state index contributed by atoms with van der Waals surface area (Å²) in [5.41, 5.74) is 1.03. The minimum atomic E-state index is -0.368. The van der Waals surface area contributed by atoms with Gasteiger partial charge in [-0.2, -0.15) is 0 Å². The maximum absolute atomic E-state index is 10.7. The molecule has 5 heteroatoms. The van der Waals surface area contributed by atoms with Crippen LogP contribution in [-0.2, 0) is 6.42 Å². The summed E-state index contributed by atoms with van der Waals surface area (Å²) in [6.07, 6.45) is 2.93. The molecule has 1 aromatic carbocycles. The fourth-order valence-electron chi connectivity index (χ4n) is 2.16. The SMILES string of the molecule is CCc1cc([N+](=O)[O-])ccc1OC1CCNCC1. The molecule has 0 atom stereocenters. The van der Waals surface area contributed by atoms with Crippen LogP contribution < -0.4 is 10.1 Å². The molecule has 98 valence electrons. The molecule has 0 saturated carbocycles. The fourth-order valence-corrected chi connectivity index (χ4v) is 2.16. The van der Waals surface area contributed by atoms with Crippen LogP contribution in [0.4, 0.5) is 5.69 Å². The van der Waals surface area contributed by atoms with Crippen molar-refractivity contribution in [3.63, 3.8) is 0 Å². The van der Waals surface area contributed by atoms with Crippen LogP contribution in [-0.4, -0.2) is 24.1 Å². The first kappa shape index (κ1) is 12.8. The van der Waals surface area contributed by atoms with E-state index in [1.807, 2.05) is 6.92 Å². The molecule has 1 heterocycles.